The van der Waals surface area contributed by atoms with Crippen molar-refractivity contribution in [3.63, 3.8) is 0 Å². The molecule has 1 aromatic rings. The zero-order chi connectivity index (χ0) is 14.5. The van der Waals surface area contributed by atoms with E-state index in [1.54, 1.807) is 7.11 Å². The van der Waals surface area contributed by atoms with Gasteiger partial charge in [-0.25, -0.2) is 0 Å². The zero-order valence-electron chi connectivity index (χ0n) is 12.6. The summed E-state index contributed by atoms with van der Waals surface area (Å²) in [6, 6.07) is 8.48. The fraction of sp³-hybridized carbons (Fsp3) is 0.562. The van der Waals surface area contributed by atoms with Crippen LogP contribution >= 0.6 is 0 Å². The van der Waals surface area contributed by atoms with E-state index in [4.69, 9.17) is 4.74 Å². The molecule has 1 heterocycles. The molecule has 1 atom stereocenters. The van der Waals surface area contributed by atoms with Gasteiger partial charge < -0.3 is 9.64 Å². The normalized spacial score (nSPS) is 19.9. The summed E-state index contributed by atoms with van der Waals surface area (Å²) in [5.74, 6) is 1.16. The van der Waals surface area contributed by atoms with Gasteiger partial charge in [-0.1, -0.05) is 19.1 Å². The lowest BCUT2D eigenvalue weighted by atomic mass is 10.1. The monoisotopic (exact) mass is 276 g/mol. The minimum Gasteiger partial charge on any atom is -0.497 e. The van der Waals surface area contributed by atoms with Gasteiger partial charge in [0.15, 0.2) is 0 Å². The Morgan fingerprint density at radius 2 is 2.20 bits per heavy atom. The predicted molar refractivity (Wildman–Crippen MR) is 79.7 cm³/mol. The number of carbonyl (C=O) groups is 1. The second-order valence-corrected chi connectivity index (χ2v) is 5.38. The average Bonchev–Trinajstić information content (AvgIpc) is 2.47. The highest BCUT2D eigenvalue weighted by Crippen LogP contribution is 2.17. The Balaban J connectivity index is 1.94. The van der Waals surface area contributed by atoms with E-state index in [1.165, 1.54) is 5.56 Å². The van der Waals surface area contributed by atoms with Crippen molar-refractivity contribution < 1.29 is 9.53 Å². The summed E-state index contributed by atoms with van der Waals surface area (Å²) in [5, 5.41) is 0. The molecule has 0 saturated carbocycles. The highest BCUT2D eigenvalue weighted by atomic mass is 16.5. The SMILES string of the molecule is CCC(=O)N1CCN(Cc2cccc(OC)c2)C[C@@H]1C. The number of nitrogens with zero attached hydrogens (tertiary/aromatic N) is 2. The molecule has 2 rings (SSSR count). The van der Waals surface area contributed by atoms with Crippen LogP contribution in [0.4, 0.5) is 0 Å². The Hall–Kier alpha value is -1.55. The predicted octanol–water partition coefficient (Wildman–Crippen LogP) is 2.14. The van der Waals surface area contributed by atoms with Gasteiger partial charge in [0.2, 0.25) is 5.91 Å². The number of piperazine rings is 1. The van der Waals surface area contributed by atoms with E-state index < -0.39 is 0 Å². The van der Waals surface area contributed by atoms with E-state index in [0.717, 1.165) is 31.9 Å². The number of ether oxygens (including phenoxy) is 1. The van der Waals surface area contributed by atoms with Crippen LogP contribution in [0.1, 0.15) is 25.8 Å². The molecule has 0 aliphatic carbocycles. The number of hydrogen-bond donors (Lipinski definition) is 0. The Morgan fingerprint density at radius 1 is 1.40 bits per heavy atom. The molecule has 110 valence electrons. The third-order valence-electron chi connectivity index (χ3n) is 3.87. The van der Waals surface area contributed by atoms with Crippen molar-refractivity contribution in [3.8, 4) is 5.75 Å². The maximum atomic E-state index is 11.8. The fourth-order valence-electron chi connectivity index (χ4n) is 2.78. The summed E-state index contributed by atoms with van der Waals surface area (Å²) in [5.41, 5.74) is 1.26. The van der Waals surface area contributed by atoms with Crippen LogP contribution in [0, 0.1) is 0 Å². The average molecular weight is 276 g/mol. The molecule has 1 aromatic carbocycles. The van der Waals surface area contributed by atoms with Crippen LogP contribution in [0.25, 0.3) is 0 Å². The quantitative estimate of drug-likeness (QED) is 0.844. The minimum atomic E-state index is 0.263. The number of methoxy groups -OCH3 is 1. The summed E-state index contributed by atoms with van der Waals surface area (Å²) >= 11 is 0. The smallest absolute Gasteiger partial charge is 0.222 e. The van der Waals surface area contributed by atoms with Gasteiger partial charge in [-0.15, -0.1) is 0 Å². The van der Waals surface area contributed by atoms with Crippen molar-refractivity contribution in [1.29, 1.82) is 0 Å². The van der Waals surface area contributed by atoms with E-state index >= 15 is 0 Å². The lowest BCUT2D eigenvalue weighted by Crippen LogP contribution is -2.53. The van der Waals surface area contributed by atoms with E-state index in [9.17, 15) is 4.79 Å². The number of amides is 1. The van der Waals surface area contributed by atoms with E-state index in [0.29, 0.717) is 12.5 Å². The van der Waals surface area contributed by atoms with Gasteiger partial charge in [-0.05, 0) is 24.6 Å². The summed E-state index contributed by atoms with van der Waals surface area (Å²) in [6.45, 7) is 7.67. The largest absolute Gasteiger partial charge is 0.497 e. The first-order valence-electron chi connectivity index (χ1n) is 7.28. The third kappa shape index (κ3) is 3.51. The molecule has 1 aliphatic rings. The summed E-state index contributed by atoms with van der Waals surface area (Å²) < 4.78 is 5.26. The first-order chi connectivity index (χ1) is 9.63. The maximum absolute atomic E-state index is 11.8. The van der Waals surface area contributed by atoms with Crippen molar-refractivity contribution in [2.45, 2.75) is 32.9 Å². The number of rotatable bonds is 4. The molecule has 0 bridgehead atoms. The van der Waals surface area contributed by atoms with Crippen molar-refractivity contribution in [2.24, 2.45) is 0 Å². The van der Waals surface area contributed by atoms with E-state index in [-0.39, 0.29) is 5.91 Å². The fourth-order valence-corrected chi connectivity index (χ4v) is 2.78. The van der Waals surface area contributed by atoms with Gasteiger partial charge >= 0.3 is 0 Å². The molecule has 0 N–H and O–H groups in total. The Morgan fingerprint density at radius 3 is 2.85 bits per heavy atom. The third-order valence-corrected chi connectivity index (χ3v) is 3.87. The van der Waals surface area contributed by atoms with Crippen LogP contribution in [-0.4, -0.2) is 48.5 Å². The van der Waals surface area contributed by atoms with Crippen LogP contribution in [-0.2, 0) is 11.3 Å². The van der Waals surface area contributed by atoms with Gasteiger partial charge in [0.1, 0.15) is 5.75 Å². The molecular formula is C16H24N2O2. The molecule has 0 aromatic heterocycles. The minimum absolute atomic E-state index is 0.263. The molecule has 0 radical (unpaired) electrons. The molecule has 1 amide bonds. The first-order valence-corrected chi connectivity index (χ1v) is 7.28. The first kappa shape index (κ1) is 14.9. The molecule has 1 aliphatic heterocycles. The van der Waals surface area contributed by atoms with Crippen LogP contribution in [0.5, 0.6) is 5.75 Å². The molecule has 0 unspecified atom stereocenters. The van der Waals surface area contributed by atoms with Gasteiger partial charge in [-0.3, -0.25) is 9.69 Å². The summed E-state index contributed by atoms with van der Waals surface area (Å²) in [7, 11) is 1.69. The Labute approximate surface area is 121 Å². The number of benzene rings is 1. The highest BCUT2D eigenvalue weighted by molar-refractivity contribution is 5.76. The van der Waals surface area contributed by atoms with Gasteiger partial charge in [0.25, 0.3) is 0 Å². The molecular weight excluding hydrogens is 252 g/mol. The molecule has 4 heteroatoms. The van der Waals surface area contributed by atoms with Gasteiger partial charge in [0.05, 0.1) is 7.11 Å². The molecule has 1 fully saturated rings. The molecule has 20 heavy (non-hydrogen) atoms. The number of hydrogen-bond acceptors (Lipinski definition) is 3. The lowest BCUT2D eigenvalue weighted by Gasteiger charge is -2.40. The second kappa shape index (κ2) is 6.75. The highest BCUT2D eigenvalue weighted by Gasteiger charge is 2.26. The van der Waals surface area contributed by atoms with Crippen LogP contribution in [0.2, 0.25) is 0 Å². The van der Waals surface area contributed by atoms with Gasteiger partial charge in [-0.2, -0.15) is 0 Å². The zero-order valence-corrected chi connectivity index (χ0v) is 12.6. The molecule has 4 nitrogen and oxygen atoms in total. The van der Waals surface area contributed by atoms with Crippen molar-refractivity contribution in [2.75, 3.05) is 26.7 Å². The second-order valence-electron chi connectivity index (χ2n) is 5.38. The van der Waals surface area contributed by atoms with Crippen LogP contribution in [0.3, 0.4) is 0 Å². The Kier molecular flexibility index (Phi) is 5.01. The van der Waals surface area contributed by atoms with Crippen LogP contribution in [0.15, 0.2) is 24.3 Å². The maximum Gasteiger partial charge on any atom is 0.222 e. The van der Waals surface area contributed by atoms with Crippen molar-refractivity contribution >= 4 is 5.91 Å². The molecule has 0 spiro atoms. The lowest BCUT2D eigenvalue weighted by molar-refractivity contribution is -0.135. The standard InChI is InChI=1S/C16H24N2O2/c1-4-16(19)18-9-8-17(11-13(18)2)12-14-6-5-7-15(10-14)20-3/h5-7,10,13H,4,8-9,11-12H2,1-3H3/t13-/m0/s1. The summed E-state index contributed by atoms with van der Waals surface area (Å²) in [4.78, 5) is 16.2. The van der Waals surface area contributed by atoms with Crippen molar-refractivity contribution in [1.82, 2.24) is 9.80 Å². The molecule has 1 saturated heterocycles. The van der Waals surface area contributed by atoms with Crippen LogP contribution < -0.4 is 4.74 Å². The Bertz CT molecular complexity index is 462. The van der Waals surface area contributed by atoms with Crippen molar-refractivity contribution in [3.05, 3.63) is 29.8 Å². The van der Waals surface area contributed by atoms with Gasteiger partial charge in [0, 0.05) is 38.6 Å². The number of carbonyl (C=O) groups excluding carboxylic acids is 1. The van der Waals surface area contributed by atoms with E-state index in [1.807, 2.05) is 24.0 Å². The van der Waals surface area contributed by atoms with E-state index in [2.05, 4.69) is 24.0 Å². The topological polar surface area (TPSA) is 32.8 Å². The summed E-state index contributed by atoms with van der Waals surface area (Å²) in [6.07, 6.45) is 0.597.